The number of aryl methyl sites for hydroxylation is 3. The van der Waals surface area contributed by atoms with E-state index in [0.717, 1.165) is 16.8 Å². The molecule has 0 fully saturated rings. The molecule has 0 unspecified atom stereocenters. The Kier molecular flexibility index (Phi) is 4.60. The summed E-state index contributed by atoms with van der Waals surface area (Å²) in [5, 5.41) is 9.40. The molecule has 0 aliphatic heterocycles. The molecule has 116 valence electrons. The molecule has 0 aliphatic carbocycles. The molecule has 2 amide bonds. The summed E-state index contributed by atoms with van der Waals surface area (Å²) in [5.41, 5.74) is 3.95. The highest BCUT2D eigenvalue weighted by atomic mass is 16.2. The summed E-state index contributed by atoms with van der Waals surface area (Å²) >= 11 is 0. The molecule has 2 N–H and O–H groups in total. The van der Waals surface area contributed by atoms with Gasteiger partial charge < -0.3 is 10.2 Å². The quantitative estimate of drug-likeness (QED) is 0.907. The number of carbonyl (C=O) groups excluding carboxylic acids is 2. The Labute approximate surface area is 129 Å². The van der Waals surface area contributed by atoms with Crippen molar-refractivity contribution in [2.45, 2.75) is 20.8 Å². The van der Waals surface area contributed by atoms with Crippen LogP contribution in [-0.4, -0.2) is 40.5 Å². The molecule has 1 aromatic heterocycles. The SMILES string of the molecule is Cc1cccc(C)c1NC(=O)CN(C)C(=O)c1cn[nH]c1C. The molecule has 0 spiro atoms. The van der Waals surface area contributed by atoms with E-state index in [4.69, 9.17) is 0 Å². The first-order chi connectivity index (χ1) is 10.4. The third-order valence-electron chi connectivity index (χ3n) is 3.53. The van der Waals surface area contributed by atoms with Crippen LogP contribution in [0.1, 0.15) is 27.2 Å². The molecule has 0 saturated heterocycles. The Morgan fingerprint density at radius 2 is 1.86 bits per heavy atom. The van der Waals surface area contributed by atoms with Crippen molar-refractivity contribution in [2.24, 2.45) is 0 Å². The molecule has 0 saturated carbocycles. The normalized spacial score (nSPS) is 10.4. The molecule has 0 aliphatic rings. The maximum atomic E-state index is 12.2. The number of H-pyrrole nitrogens is 1. The van der Waals surface area contributed by atoms with Gasteiger partial charge in [0.25, 0.3) is 5.91 Å². The van der Waals surface area contributed by atoms with E-state index in [1.165, 1.54) is 11.1 Å². The fourth-order valence-corrected chi connectivity index (χ4v) is 2.25. The number of amides is 2. The van der Waals surface area contributed by atoms with Crippen molar-refractivity contribution in [3.63, 3.8) is 0 Å². The zero-order valence-electron chi connectivity index (χ0n) is 13.2. The van der Waals surface area contributed by atoms with E-state index in [0.29, 0.717) is 11.3 Å². The largest absolute Gasteiger partial charge is 0.332 e. The summed E-state index contributed by atoms with van der Waals surface area (Å²) in [7, 11) is 1.60. The van der Waals surface area contributed by atoms with Gasteiger partial charge >= 0.3 is 0 Å². The van der Waals surface area contributed by atoms with Crippen LogP contribution in [-0.2, 0) is 4.79 Å². The standard InChI is InChI=1S/C16H20N4O2/c1-10-6-5-7-11(2)15(10)18-14(21)9-20(4)16(22)13-8-17-19-12(13)3/h5-8H,9H2,1-4H3,(H,17,19)(H,18,21). The zero-order chi connectivity index (χ0) is 16.3. The lowest BCUT2D eigenvalue weighted by atomic mass is 10.1. The molecule has 0 atom stereocenters. The van der Waals surface area contributed by atoms with Crippen LogP contribution in [0.15, 0.2) is 24.4 Å². The Morgan fingerprint density at radius 3 is 2.41 bits per heavy atom. The Balaban J connectivity index is 2.03. The summed E-state index contributed by atoms with van der Waals surface area (Å²) in [4.78, 5) is 25.8. The minimum Gasteiger partial charge on any atom is -0.332 e. The van der Waals surface area contributed by atoms with Gasteiger partial charge in [0.2, 0.25) is 5.91 Å². The second-order valence-corrected chi connectivity index (χ2v) is 5.38. The van der Waals surface area contributed by atoms with Crippen LogP contribution in [0.2, 0.25) is 0 Å². The van der Waals surface area contributed by atoms with E-state index in [2.05, 4.69) is 15.5 Å². The third kappa shape index (κ3) is 3.33. The Morgan fingerprint density at radius 1 is 1.23 bits per heavy atom. The lowest BCUT2D eigenvalue weighted by Crippen LogP contribution is -2.35. The fraction of sp³-hybridized carbons (Fsp3) is 0.312. The first-order valence-electron chi connectivity index (χ1n) is 7.01. The van der Waals surface area contributed by atoms with Gasteiger partial charge in [-0.3, -0.25) is 14.7 Å². The number of nitrogens with zero attached hydrogens (tertiary/aromatic N) is 2. The predicted molar refractivity (Wildman–Crippen MR) is 84.8 cm³/mol. The van der Waals surface area contributed by atoms with E-state index in [1.807, 2.05) is 32.0 Å². The Bertz CT molecular complexity index is 686. The number of anilines is 1. The van der Waals surface area contributed by atoms with Gasteiger partial charge in [0.05, 0.1) is 18.3 Å². The van der Waals surface area contributed by atoms with Crippen LogP contribution >= 0.6 is 0 Å². The first kappa shape index (κ1) is 15.8. The number of benzene rings is 1. The van der Waals surface area contributed by atoms with Crippen molar-refractivity contribution in [3.05, 3.63) is 46.8 Å². The molecule has 1 heterocycles. The summed E-state index contributed by atoms with van der Waals surface area (Å²) in [6.07, 6.45) is 1.47. The monoisotopic (exact) mass is 300 g/mol. The molecule has 2 aromatic rings. The van der Waals surface area contributed by atoms with E-state index in [1.54, 1.807) is 14.0 Å². The van der Waals surface area contributed by atoms with Crippen LogP contribution < -0.4 is 5.32 Å². The van der Waals surface area contributed by atoms with E-state index in [9.17, 15) is 9.59 Å². The number of aromatic amines is 1. The van der Waals surface area contributed by atoms with Gasteiger partial charge in [-0.15, -0.1) is 0 Å². The van der Waals surface area contributed by atoms with Gasteiger partial charge in [-0.05, 0) is 31.9 Å². The molecule has 0 radical (unpaired) electrons. The number of hydrogen-bond acceptors (Lipinski definition) is 3. The van der Waals surface area contributed by atoms with Crippen LogP contribution in [0, 0.1) is 20.8 Å². The second kappa shape index (κ2) is 6.43. The van der Waals surface area contributed by atoms with Gasteiger partial charge in [-0.2, -0.15) is 5.10 Å². The van der Waals surface area contributed by atoms with Crippen LogP contribution in [0.5, 0.6) is 0 Å². The van der Waals surface area contributed by atoms with Crippen molar-refractivity contribution in [2.75, 3.05) is 18.9 Å². The van der Waals surface area contributed by atoms with Crippen molar-refractivity contribution in [1.82, 2.24) is 15.1 Å². The molecular formula is C16H20N4O2. The average molecular weight is 300 g/mol. The van der Waals surface area contributed by atoms with E-state index >= 15 is 0 Å². The molecule has 2 rings (SSSR count). The number of para-hydroxylation sites is 1. The number of rotatable bonds is 4. The van der Waals surface area contributed by atoms with Crippen LogP contribution in [0.3, 0.4) is 0 Å². The highest BCUT2D eigenvalue weighted by Gasteiger charge is 2.18. The maximum Gasteiger partial charge on any atom is 0.257 e. The third-order valence-corrected chi connectivity index (χ3v) is 3.53. The number of likely N-dealkylation sites (N-methyl/N-ethyl adjacent to an activating group) is 1. The molecule has 6 heteroatoms. The van der Waals surface area contributed by atoms with Crippen molar-refractivity contribution >= 4 is 17.5 Å². The molecule has 0 bridgehead atoms. The zero-order valence-corrected chi connectivity index (χ0v) is 13.2. The lowest BCUT2D eigenvalue weighted by Gasteiger charge is -2.18. The lowest BCUT2D eigenvalue weighted by molar-refractivity contribution is -0.116. The summed E-state index contributed by atoms with van der Waals surface area (Å²) in [6.45, 7) is 5.63. The smallest absolute Gasteiger partial charge is 0.257 e. The number of aromatic nitrogens is 2. The van der Waals surface area contributed by atoms with Gasteiger partial charge in [0, 0.05) is 18.4 Å². The number of carbonyl (C=O) groups is 2. The highest BCUT2D eigenvalue weighted by molar-refractivity contribution is 6.00. The first-order valence-corrected chi connectivity index (χ1v) is 7.01. The fourth-order valence-electron chi connectivity index (χ4n) is 2.25. The molecular weight excluding hydrogens is 280 g/mol. The average Bonchev–Trinajstić information content (AvgIpc) is 2.88. The van der Waals surface area contributed by atoms with Crippen molar-refractivity contribution in [3.8, 4) is 0 Å². The van der Waals surface area contributed by atoms with E-state index < -0.39 is 0 Å². The Hall–Kier alpha value is -2.63. The highest BCUT2D eigenvalue weighted by Crippen LogP contribution is 2.19. The molecule has 1 aromatic carbocycles. The van der Waals surface area contributed by atoms with Gasteiger partial charge in [-0.25, -0.2) is 0 Å². The number of nitrogens with one attached hydrogen (secondary N) is 2. The minimum absolute atomic E-state index is 0.0166. The second-order valence-electron chi connectivity index (χ2n) is 5.38. The minimum atomic E-state index is -0.233. The summed E-state index contributed by atoms with van der Waals surface area (Å²) < 4.78 is 0. The van der Waals surface area contributed by atoms with Crippen molar-refractivity contribution in [1.29, 1.82) is 0 Å². The van der Waals surface area contributed by atoms with Gasteiger partial charge in [0.15, 0.2) is 0 Å². The summed E-state index contributed by atoms with van der Waals surface area (Å²) in [6, 6.07) is 5.82. The number of hydrogen-bond donors (Lipinski definition) is 2. The van der Waals surface area contributed by atoms with Crippen molar-refractivity contribution < 1.29 is 9.59 Å². The van der Waals surface area contributed by atoms with Crippen LogP contribution in [0.4, 0.5) is 5.69 Å². The predicted octanol–water partition coefficient (Wildman–Crippen LogP) is 2.05. The molecule has 22 heavy (non-hydrogen) atoms. The maximum absolute atomic E-state index is 12.2. The summed E-state index contributed by atoms with van der Waals surface area (Å²) in [5.74, 6) is -0.461. The van der Waals surface area contributed by atoms with Crippen LogP contribution in [0.25, 0.3) is 0 Å². The topological polar surface area (TPSA) is 78.1 Å². The van der Waals surface area contributed by atoms with Gasteiger partial charge in [-0.1, -0.05) is 18.2 Å². The van der Waals surface area contributed by atoms with E-state index in [-0.39, 0.29) is 18.4 Å². The van der Waals surface area contributed by atoms with Gasteiger partial charge in [0.1, 0.15) is 0 Å². The molecule has 6 nitrogen and oxygen atoms in total.